The maximum Gasteiger partial charge on any atom is 0.245 e. The quantitative estimate of drug-likeness (QED) is 0.770. The summed E-state index contributed by atoms with van der Waals surface area (Å²) in [6, 6.07) is -0.349. The average molecular weight is 213 g/mol. The van der Waals surface area contributed by atoms with Gasteiger partial charge in [0.2, 0.25) is 5.89 Å². The van der Waals surface area contributed by atoms with Crippen LogP contribution in [0.4, 0.5) is 0 Å². The van der Waals surface area contributed by atoms with Gasteiger partial charge in [-0.2, -0.15) is 4.98 Å². The number of hydrogen-bond donors (Lipinski definition) is 1. The molecule has 2 heterocycles. The lowest BCUT2D eigenvalue weighted by Crippen LogP contribution is -2.16. The second-order valence-electron chi connectivity index (χ2n) is 3.61. The van der Waals surface area contributed by atoms with Crippen molar-refractivity contribution in [1.82, 2.24) is 10.1 Å². The van der Waals surface area contributed by atoms with Gasteiger partial charge in [0.15, 0.2) is 5.82 Å². The minimum absolute atomic E-state index is 0.247. The van der Waals surface area contributed by atoms with Crippen molar-refractivity contribution in [2.45, 2.75) is 18.4 Å². The standard InChI is InChI=1S/C9H15N3O3/c1-13-5-7(10)9-11-8(12-15-9)6-2-3-14-4-6/h6-7H,2-5,10H2,1H3. The van der Waals surface area contributed by atoms with E-state index in [9.17, 15) is 0 Å². The van der Waals surface area contributed by atoms with Gasteiger partial charge in [-0.25, -0.2) is 0 Å². The summed E-state index contributed by atoms with van der Waals surface area (Å²) in [4.78, 5) is 4.25. The Kier molecular flexibility index (Phi) is 3.30. The van der Waals surface area contributed by atoms with E-state index in [0.29, 0.717) is 24.9 Å². The summed E-state index contributed by atoms with van der Waals surface area (Å²) < 4.78 is 15.2. The first-order valence-corrected chi connectivity index (χ1v) is 4.97. The lowest BCUT2D eigenvalue weighted by molar-refractivity contribution is 0.166. The van der Waals surface area contributed by atoms with Gasteiger partial charge in [0.25, 0.3) is 0 Å². The first-order chi connectivity index (χ1) is 7.31. The van der Waals surface area contributed by atoms with Crippen LogP contribution < -0.4 is 5.73 Å². The van der Waals surface area contributed by atoms with Gasteiger partial charge in [0, 0.05) is 19.6 Å². The van der Waals surface area contributed by atoms with Gasteiger partial charge in [-0.05, 0) is 6.42 Å². The summed E-state index contributed by atoms with van der Waals surface area (Å²) in [5.74, 6) is 1.37. The third-order valence-electron chi connectivity index (χ3n) is 2.42. The van der Waals surface area contributed by atoms with E-state index in [1.54, 1.807) is 7.11 Å². The highest BCUT2D eigenvalue weighted by Crippen LogP contribution is 2.23. The van der Waals surface area contributed by atoms with Crippen LogP contribution in [0.15, 0.2) is 4.52 Å². The summed E-state index contributed by atoms with van der Waals surface area (Å²) in [5.41, 5.74) is 5.77. The minimum atomic E-state index is -0.349. The number of aromatic nitrogens is 2. The van der Waals surface area contributed by atoms with Crippen LogP contribution in [0.25, 0.3) is 0 Å². The Bertz CT molecular complexity index is 309. The Hall–Kier alpha value is -0.980. The highest BCUT2D eigenvalue weighted by molar-refractivity contribution is 4.99. The molecule has 6 nitrogen and oxygen atoms in total. The van der Waals surface area contributed by atoms with Crippen molar-refractivity contribution in [3.05, 3.63) is 11.7 Å². The predicted molar refractivity (Wildman–Crippen MR) is 51.3 cm³/mol. The average Bonchev–Trinajstić information content (AvgIpc) is 2.89. The van der Waals surface area contributed by atoms with Gasteiger partial charge >= 0.3 is 0 Å². The van der Waals surface area contributed by atoms with Crippen molar-refractivity contribution in [1.29, 1.82) is 0 Å². The fourth-order valence-electron chi connectivity index (χ4n) is 1.55. The van der Waals surface area contributed by atoms with Gasteiger partial charge in [-0.1, -0.05) is 5.16 Å². The molecule has 2 atom stereocenters. The molecule has 6 heteroatoms. The first kappa shape index (κ1) is 10.5. The fourth-order valence-corrected chi connectivity index (χ4v) is 1.55. The molecule has 1 aliphatic heterocycles. The van der Waals surface area contributed by atoms with Crippen LogP contribution in [-0.2, 0) is 9.47 Å². The van der Waals surface area contributed by atoms with Gasteiger partial charge in [0.05, 0.1) is 13.2 Å². The molecule has 2 N–H and O–H groups in total. The molecule has 84 valence electrons. The maximum atomic E-state index is 5.77. The summed E-state index contributed by atoms with van der Waals surface area (Å²) in [6.07, 6.45) is 0.943. The van der Waals surface area contributed by atoms with E-state index in [0.717, 1.165) is 13.0 Å². The Morgan fingerprint density at radius 2 is 2.53 bits per heavy atom. The number of nitrogens with zero attached hydrogens (tertiary/aromatic N) is 2. The van der Waals surface area contributed by atoms with E-state index in [1.807, 2.05) is 0 Å². The van der Waals surface area contributed by atoms with E-state index < -0.39 is 0 Å². The maximum absolute atomic E-state index is 5.77. The van der Waals surface area contributed by atoms with E-state index >= 15 is 0 Å². The van der Waals surface area contributed by atoms with Crippen LogP contribution in [0.2, 0.25) is 0 Å². The highest BCUT2D eigenvalue weighted by atomic mass is 16.5. The smallest absolute Gasteiger partial charge is 0.245 e. The molecular formula is C9H15N3O3. The molecule has 0 aromatic carbocycles. The Labute approximate surface area is 87.7 Å². The Morgan fingerprint density at radius 3 is 3.20 bits per heavy atom. The Balaban J connectivity index is 2.02. The zero-order valence-corrected chi connectivity index (χ0v) is 8.68. The van der Waals surface area contributed by atoms with Crippen LogP contribution in [0, 0.1) is 0 Å². The monoisotopic (exact) mass is 213 g/mol. The van der Waals surface area contributed by atoms with E-state index in [1.165, 1.54) is 0 Å². The molecule has 0 aliphatic carbocycles. The zero-order valence-electron chi connectivity index (χ0n) is 8.68. The molecule has 1 aromatic rings. The normalized spacial score (nSPS) is 23.2. The van der Waals surface area contributed by atoms with Crippen molar-refractivity contribution < 1.29 is 14.0 Å². The van der Waals surface area contributed by atoms with Gasteiger partial charge in [-0.15, -0.1) is 0 Å². The lowest BCUT2D eigenvalue weighted by Gasteiger charge is -2.03. The molecule has 1 aromatic heterocycles. The van der Waals surface area contributed by atoms with Gasteiger partial charge < -0.3 is 19.7 Å². The van der Waals surface area contributed by atoms with Gasteiger partial charge in [0.1, 0.15) is 6.04 Å². The van der Waals surface area contributed by atoms with Crippen molar-refractivity contribution in [3.63, 3.8) is 0 Å². The molecule has 0 radical (unpaired) electrons. The molecule has 0 bridgehead atoms. The van der Waals surface area contributed by atoms with Crippen LogP contribution in [0.1, 0.15) is 30.1 Å². The summed E-state index contributed by atoms with van der Waals surface area (Å²) in [7, 11) is 1.59. The van der Waals surface area contributed by atoms with Crippen LogP contribution in [0.3, 0.4) is 0 Å². The van der Waals surface area contributed by atoms with Crippen LogP contribution in [0.5, 0.6) is 0 Å². The second kappa shape index (κ2) is 4.69. The molecule has 0 spiro atoms. The Morgan fingerprint density at radius 1 is 1.67 bits per heavy atom. The molecule has 1 fully saturated rings. The molecular weight excluding hydrogens is 198 g/mol. The lowest BCUT2D eigenvalue weighted by atomic mass is 10.1. The minimum Gasteiger partial charge on any atom is -0.383 e. The molecule has 15 heavy (non-hydrogen) atoms. The second-order valence-corrected chi connectivity index (χ2v) is 3.61. The molecule has 0 saturated carbocycles. The summed E-state index contributed by atoms with van der Waals surface area (Å²) >= 11 is 0. The molecule has 1 saturated heterocycles. The molecule has 2 rings (SSSR count). The summed E-state index contributed by atoms with van der Waals surface area (Å²) in [6.45, 7) is 1.81. The number of rotatable bonds is 4. The largest absolute Gasteiger partial charge is 0.383 e. The van der Waals surface area contributed by atoms with Crippen molar-refractivity contribution in [3.8, 4) is 0 Å². The third kappa shape index (κ3) is 2.34. The summed E-state index contributed by atoms with van der Waals surface area (Å²) in [5, 5.41) is 3.90. The molecule has 2 unspecified atom stereocenters. The zero-order chi connectivity index (χ0) is 10.7. The topological polar surface area (TPSA) is 83.4 Å². The molecule has 0 amide bonds. The number of methoxy groups -OCH3 is 1. The molecule has 1 aliphatic rings. The van der Waals surface area contributed by atoms with E-state index in [2.05, 4.69) is 10.1 Å². The van der Waals surface area contributed by atoms with Crippen molar-refractivity contribution in [2.75, 3.05) is 26.9 Å². The van der Waals surface area contributed by atoms with Crippen molar-refractivity contribution >= 4 is 0 Å². The number of hydrogen-bond acceptors (Lipinski definition) is 6. The highest BCUT2D eigenvalue weighted by Gasteiger charge is 2.24. The van der Waals surface area contributed by atoms with E-state index in [4.69, 9.17) is 19.7 Å². The van der Waals surface area contributed by atoms with Crippen LogP contribution >= 0.6 is 0 Å². The number of ether oxygens (including phenoxy) is 2. The predicted octanol–water partition coefficient (Wildman–Crippen LogP) is 0.220. The van der Waals surface area contributed by atoms with E-state index in [-0.39, 0.29) is 12.0 Å². The number of nitrogens with two attached hydrogens (primary N) is 1. The third-order valence-corrected chi connectivity index (χ3v) is 2.42. The van der Waals surface area contributed by atoms with Crippen molar-refractivity contribution in [2.24, 2.45) is 5.73 Å². The fraction of sp³-hybridized carbons (Fsp3) is 0.778. The van der Waals surface area contributed by atoms with Gasteiger partial charge in [-0.3, -0.25) is 0 Å². The first-order valence-electron chi connectivity index (χ1n) is 4.97. The SMILES string of the molecule is COCC(N)c1nc(C2CCOC2)no1. The van der Waals surface area contributed by atoms with Crippen LogP contribution in [-0.4, -0.2) is 37.1 Å².